The van der Waals surface area contributed by atoms with Crippen molar-refractivity contribution in [2.45, 2.75) is 31.8 Å². The van der Waals surface area contributed by atoms with Gasteiger partial charge in [0.1, 0.15) is 6.07 Å². The lowest BCUT2D eigenvalue weighted by Crippen LogP contribution is -2.51. The molecule has 1 saturated carbocycles. The minimum Gasteiger partial charge on any atom is -0.449 e. The number of amides is 1. The standard InChI is InChI=1S/C14H13BrN2O3/c1-9(18)20-14(5-2-6-14)13(19)17-12-4-3-11(15)7-10(12)8-16/h3-4,7H,2,5-6H2,1H3,(H,17,19). The van der Waals surface area contributed by atoms with E-state index in [1.165, 1.54) is 6.92 Å². The van der Waals surface area contributed by atoms with Gasteiger partial charge in [-0.05, 0) is 37.5 Å². The largest absolute Gasteiger partial charge is 0.449 e. The Balaban J connectivity index is 2.19. The number of anilines is 1. The Labute approximate surface area is 125 Å². The van der Waals surface area contributed by atoms with Gasteiger partial charge in [0.25, 0.3) is 5.91 Å². The van der Waals surface area contributed by atoms with Gasteiger partial charge in [0.05, 0.1) is 11.3 Å². The van der Waals surface area contributed by atoms with Crippen LogP contribution in [-0.2, 0) is 14.3 Å². The summed E-state index contributed by atoms with van der Waals surface area (Å²) >= 11 is 3.27. The fourth-order valence-corrected chi connectivity index (χ4v) is 2.46. The van der Waals surface area contributed by atoms with Crippen LogP contribution in [0.25, 0.3) is 0 Å². The number of nitriles is 1. The van der Waals surface area contributed by atoms with E-state index in [1.54, 1.807) is 18.2 Å². The number of nitrogens with zero attached hydrogens (tertiary/aromatic N) is 1. The maximum atomic E-state index is 12.3. The third kappa shape index (κ3) is 2.83. The van der Waals surface area contributed by atoms with E-state index in [9.17, 15) is 9.59 Å². The van der Waals surface area contributed by atoms with Gasteiger partial charge in [-0.2, -0.15) is 5.26 Å². The molecule has 1 fully saturated rings. The Bertz CT molecular complexity index is 603. The number of esters is 1. The van der Waals surface area contributed by atoms with Crippen LogP contribution in [0.3, 0.4) is 0 Å². The summed E-state index contributed by atoms with van der Waals surface area (Å²) in [7, 11) is 0. The maximum Gasteiger partial charge on any atom is 0.303 e. The molecule has 0 bridgehead atoms. The van der Waals surface area contributed by atoms with Crippen LogP contribution in [0.15, 0.2) is 22.7 Å². The summed E-state index contributed by atoms with van der Waals surface area (Å²) < 4.78 is 5.92. The van der Waals surface area contributed by atoms with Crippen molar-refractivity contribution < 1.29 is 14.3 Å². The molecular weight excluding hydrogens is 324 g/mol. The SMILES string of the molecule is CC(=O)OC1(C(=O)Nc2ccc(Br)cc2C#N)CCC1. The summed E-state index contributed by atoms with van der Waals surface area (Å²) in [6, 6.07) is 7.01. The van der Waals surface area contributed by atoms with Crippen molar-refractivity contribution in [3.05, 3.63) is 28.2 Å². The number of hydrogen-bond donors (Lipinski definition) is 1. The van der Waals surface area contributed by atoms with Crippen LogP contribution < -0.4 is 5.32 Å². The second kappa shape index (κ2) is 5.63. The van der Waals surface area contributed by atoms with E-state index in [0.717, 1.165) is 10.9 Å². The first-order valence-electron chi connectivity index (χ1n) is 6.17. The summed E-state index contributed by atoms with van der Waals surface area (Å²) in [5, 5.41) is 11.7. The summed E-state index contributed by atoms with van der Waals surface area (Å²) in [4.78, 5) is 23.4. The summed E-state index contributed by atoms with van der Waals surface area (Å²) in [5.41, 5.74) is -0.310. The van der Waals surface area contributed by atoms with Crippen molar-refractivity contribution in [1.82, 2.24) is 0 Å². The summed E-state index contributed by atoms with van der Waals surface area (Å²) in [6.45, 7) is 1.29. The Morgan fingerprint density at radius 2 is 2.15 bits per heavy atom. The molecule has 1 aromatic rings. The number of carbonyl (C=O) groups excluding carboxylic acids is 2. The maximum absolute atomic E-state index is 12.3. The lowest BCUT2D eigenvalue weighted by molar-refractivity contribution is -0.173. The van der Waals surface area contributed by atoms with Crippen LogP contribution in [-0.4, -0.2) is 17.5 Å². The highest BCUT2D eigenvalue weighted by atomic mass is 79.9. The highest BCUT2D eigenvalue weighted by Crippen LogP contribution is 2.37. The predicted octanol–water partition coefficient (Wildman–Crippen LogP) is 2.75. The number of hydrogen-bond acceptors (Lipinski definition) is 4. The molecule has 1 aliphatic carbocycles. The molecule has 0 saturated heterocycles. The quantitative estimate of drug-likeness (QED) is 0.860. The van der Waals surface area contributed by atoms with Crippen LogP contribution in [0.1, 0.15) is 31.7 Å². The molecule has 0 aromatic heterocycles. The van der Waals surface area contributed by atoms with E-state index < -0.39 is 11.6 Å². The molecular formula is C14H13BrN2O3. The van der Waals surface area contributed by atoms with Crippen LogP contribution >= 0.6 is 15.9 Å². The molecule has 104 valence electrons. The lowest BCUT2D eigenvalue weighted by atomic mass is 9.79. The smallest absolute Gasteiger partial charge is 0.303 e. The molecule has 1 aliphatic rings. The minimum atomic E-state index is -1.08. The second-order valence-electron chi connectivity index (χ2n) is 4.70. The van der Waals surface area contributed by atoms with Crippen LogP contribution in [0.2, 0.25) is 0 Å². The Morgan fingerprint density at radius 3 is 2.65 bits per heavy atom. The lowest BCUT2D eigenvalue weighted by Gasteiger charge is -2.38. The number of benzene rings is 1. The van der Waals surface area contributed by atoms with Gasteiger partial charge in [-0.1, -0.05) is 15.9 Å². The zero-order valence-electron chi connectivity index (χ0n) is 10.9. The van der Waals surface area contributed by atoms with Gasteiger partial charge in [-0.3, -0.25) is 9.59 Å². The van der Waals surface area contributed by atoms with E-state index in [4.69, 9.17) is 10.00 Å². The van der Waals surface area contributed by atoms with Crippen molar-refractivity contribution in [3.63, 3.8) is 0 Å². The van der Waals surface area contributed by atoms with E-state index in [0.29, 0.717) is 24.1 Å². The molecule has 6 heteroatoms. The number of carbonyl (C=O) groups is 2. The molecule has 0 aliphatic heterocycles. The van der Waals surface area contributed by atoms with Crippen molar-refractivity contribution >= 4 is 33.5 Å². The molecule has 1 N–H and O–H groups in total. The average Bonchev–Trinajstić information content (AvgIpc) is 2.35. The second-order valence-corrected chi connectivity index (χ2v) is 5.61. The van der Waals surface area contributed by atoms with E-state index in [-0.39, 0.29) is 5.91 Å². The molecule has 0 unspecified atom stereocenters. The zero-order chi connectivity index (χ0) is 14.8. The summed E-state index contributed by atoms with van der Waals surface area (Å²) in [6.07, 6.45) is 1.86. The average molecular weight is 337 g/mol. The fraction of sp³-hybridized carbons (Fsp3) is 0.357. The molecule has 1 amide bonds. The first-order chi connectivity index (χ1) is 9.47. The molecule has 0 heterocycles. The number of rotatable bonds is 3. The van der Waals surface area contributed by atoms with Gasteiger partial charge in [0.15, 0.2) is 5.60 Å². The first-order valence-corrected chi connectivity index (χ1v) is 6.97. The van der Waals surface area contributed by atoms with Crippen molar-refractivity contribution in [2.24, 2.45) is 0 Å². The Kier molecular flexibility index (Phi) is 4.09. The normalized spacial score (nSPS) is 15.7. The van der Waals surface area contributed by atoms with Gasteiger partial charge in [-0.15, -0.1) is 0 Å². The third-order valence-electron chi connectivity index (χ3n) is 3.26. The van der Waals surface area contributed by atoms with E-state index in [2.05, 4.69) is 21.2 Å². The molecule has 1 aromatic carbocycles. The predicted molar refractivity (Wildman–Crippen MR) is 75.8 cm³/mol. The number of halogens is 1. The number of ether oxygens (including phenoxy) is 1. The first kappa shape index (κ1) is 14.5. The monoisotopic (exact) mass is 336 g/mol. The zero-order valence-corrected chi connectivity index (χ0v) is 12.5. The van der Waals surface area contributed by atoms with Crippen LogP contribution in [0, 0.1) is 11.3 Å². The highest BCUT2D eigenvalue weighted by Gasteiger charge is 2.47. The van der Waals surface area contributed by atoms with Crippen LogP contribution in [0.4, 0.5) is 5.69 Å². The molecule has 2 rings (SSSR count). The molecule has 0 atom stereocenters. The Hall–Kier alpha value is -1.87. The topological polar surface area (TPSA) is 79.2 Å². The van der Waals surface area contributed by atoms with Gasteiger partial charge >= 0.3 is 5.97 Å². The van der Waals surface area contributed by atoms with Gasteiger partial charge in [0.2, 0.25) is 0 Å². The summed E-state index contributed by atoms with van der Waals surface area (Å²) in [5.74, 6) is -0.853. The Morgan fingerprint density at radius 1 is 1.45 bits per heavy atom. The number of nitrogens with one attached hydrogen (secondary N) is 1. The van der Waals surface area contributed by atoms with Gasteiger partial charge in [0, 0.05) is 11.4 Å². The molecule has 0 radical (unpaired) electrons. The van der Waals surface area contributed by atoms with Crippen molar-refractivity contribution in [1.29, 1.82) is 5.26 Å². The van der Waals surface area contributed by atoms with E-state index >= 15 is 0 Å². The molecule has 5 nitrogen and oxygen atoms in total. The van der Waals surface area contributed by atoms with Gasteiger partial charge in [-0.25, -0.2) is 0 Å². The highest BCUT2D eigenvalue weighted by molar-refractivity contribution is 9.10. The van der Waals surface area contributed by atoms with E-state index in [1.807, 2.05) is 6.07 Å². The third-order valence-corrected chi connectivity index (χ3v) is 3.76. The minimum absolute atomic E-state index is 0.352. The van der Waals surface area contributed by atoms with Crippen LogP contribution in [0.5, 0.6) is 0 Å². The van der Waals surface area contributed by atoms with Gasteiger partial charge < -0.3 is 10.1 Å². The molecule has 0 spiro atoms. The fourth-order valence-electron chi connectivity index (χ4n) is 2.10. The molecule has 20 heavy (non-hydrogen) atoms. The van der Waals surface area contributed by atoms with Crippen molar-refractivity contribution in [2.75, 3.05) is 5.32 Å². The van der Waals surface area contributed by atoms with Crippen molar-refractivity contribution in [3.8, 4) is 6.07 Å².